The largest absolute Gasteiger partial charge is 0.455 e. The van der Waals surface area contributed by atoms with Crippen LogP contribution in [0.4, 0.5) is 4.39 Å². The minimum absolute atomic E-state index is 0.347. The number of nitrogens with zero attached hydrogens (tertiary/aromatic N) is 1. The van der Waals surface area contributed by atoms with Crippen LogP contribution in [0.15, 0.2) is 45.8 Å². The van der Waals surface area contributed by atoms with E-state index in [2.05, 4.69) is 22.0 Å². The lowest BCUT2D eigenvalue weighted by Crippen LogP contribution is -1.92. The fourth-order valence-electron chi connectivity index (χ4n) is 1.66. The van der Waals surface area contributed by atoms with E-state index in [-0.39, 0.29) is 5.82 Å². The van der Waals surface area contributed by atoms with Gasteiger partial charge in [-0.25, -0.2) is 4.39 Å². The van der Waals surface area contributed by atoms with Gasteiger partial charge in [0.15, 0.2) is 0 Å². The van der Waals surface area contributed by atoms with E-state index in [1.165, 1.54) is 12.1 Å². The molecule has 0 atom stereocenters. The van der Waals surface area contributed by atoms with Crippen LogP contribution in [0.1, 0.15) is 12.5 Å². The summed E-state index contributed by atoms with van der Waals surface area (Å²) in [7, 11) is 0. The van der Waals surface area contributed by atoms with Gasteiger partial charge in [-0.3, -0.25) is 0 Å². The SMILES string of the molecule is CCSc1cccc(Oc2cc(F)ccc2Br)c1C#N. The Balaban J connectivity index is 2.41. The van der Waals surface area contributed by atoms with Crippen molar-refractivity contribution in [3.8, 4) is 17.6 Å². The van der Waals surface area contributed by atoms with Gasteiger partial charge in [-0.2, -0.15) is 5.26 Å². The van der Waals surface area contributed by atoms with Crippen molar-refractivity contribution in [1.29, 1.82) is 5.26 Å². The molecule has 0 aliphatic rings. The minimum atomic E-state index is -0.388. The Kier molecular flexibility index (Phi) is 5.05. The van der Waals surface area contributed by atoms with Gasteiger partial charge in [0.2, 0.25) is 0 Å². The number of benzene rings is 2. The molecule has 2 rings (SSSR count). The molecule has 0 spiro atoms. The maximum absolute atomic E-state index is 13.3. The highest BCUT2D eigenvalue weighted by Crippen LogP contribution is 2.35. The van der Waals surface area contributed by atoms with E-state index in [1.807, 2.05) is 19.1 Å². The summed E-state index contributed by atoms with van der Waals surface area (Å²) < 4.78 is 19.6. The maximum Gasteiger partial charge on any atom is 0.146 e. The maximum atomic E-state index is 13.3. The van der Waals surface area contributed by atoms with Crippen LogP contribution in [0.2, 0.25) is 0 Å². The number of hydrogen-bond donors (Lipinski definition) is 0. The Morgan fingerprint density at radius 3 is 2.80 bits per heavy atom. The molecule has 20 heavy (non-hydrogen) atoms. The average Bonchev–Trinajstić information content (AvgIpc) is 2.43. The van der Waals surface area contributed by atoms with Crippen molar-refractivity contribution in [3.05, 3.63) is 52.3 Å². The quantitative estimate of drug-likeness (QED) is 0.694. The van der Waals surface area contributed by atoms with Gasteiger partial charge >= 0.3 is 0 Å². The van der Waals surface area contributed by atoms with Gasteiger partial charge in [0.25, 0.3) is 0 Å². The van der Waals surface area contributed by atoms with Gasteiger partial charge in [-0.1, -0.05) is 13.0 Å². The Morgan fingerprint density at radius 2 is 2.10 bits per heavy atom. The highest BCUT2D eigenvalue weighted by molar-refractivity contribution is 9.10. The summed E-state index contributed by atoms with van der Waals surface area (Å²) in [4.78, 5) is 0.861. The van der Waals surface area contributed by atoms with E-state index in [0.29, 0.717) is 21.5 Å². The minimum Gasteiger partial charge on any atom is -0.455 e. The molecule has 0 radical (unpaired) electrons. The molecule has 0 unspecified atom stereocenters. The number of halogens is 2. The predicted molar refractivity (Wildman–Crippen MR) is 81.7 cm³/mol. The van der Waals surface area contributed by atoms with Gasteiger partial charge < -0.3 is 4.74 Å². The van der Waals surface area contributed by atoms with Crippen molar-refractivity contribution in [3.63, 3.8) is 0 Å². The number of nitriles is 1. The summed E-state index contributed by atoms with van der Waals surface area (Å²) in [5, 5.41) is 9.30. The normalized spacial score (nSPS) is 10.1. The molecule has 0 aromatic heterocycles. The molecule has 0 aliphatic heterocycles. The summed E-state index contributed by atoms with van der Waals surface area (Å²) in [6, 6.07) is 11.7. The molecule has 0 N–H and O–H groups in total. The number of thioether (sulfide) groups is 1. The van der Waals surface area contributed by atoms with E-state index < -0.39 is 0 Å². The Hall–Kier alpha value is -1.51. The second kappa shape index (κ2) is 6.78. The van der Waals surface area contributed by atoms with Crippen LogP contribution in [0.25, 0.3) is 0 Å². The molecular formula is C15H11BrFNOS. The molecule has 2 nitrogen and oxygen atoms in total. The number of ether oxygens (including phenoxy) is 1. The highest BCUT2D eigenvalue weighted by Gasteiger charge is 2.12. The van der Waals surface area contributed by atoms with Crippen LogP contribution in [-0.2, 0) is 0 Å². The van der Waals surface area contributed by atoms with Crippen LogP contribution < -0.4 is 4.74 Å². The van der Waals surface area contributed by atoms with Crippen LogP contribution in [-0.4, -0.2) is 5.75 Å². The third-order valence-electron chi connectivity index (χ3n) is 2.51. The van der Waals surface area contributed by atoms with Crippen LogP contribution >= 0.6 is 27.7 Å². The average molecular weight is 352 g/mol. The number of rotatable bonds is 4. The fraction of sp³-hybridized carbons (Fsp3) is 0.133. The van der Waals surface area contributed by atoms with Crippen molar-refractivity contribution in [2.45, 2.75) is 11.8 Å². The van der Waals surface area contributed by atoms with E-state index >= 15 is 0 Å². The van der Waals surface area contributed by atoms with Crippen LogP contribution in [0, 0.1) is 17.1 Å². The first kappa shape index (κ1) is 14.9. The summed E-state index contributed by atoms with van der Waals surface area (Å²) in [5.74, 6) is 1.25. The van der Waals surface area contributed by atoms with Gasteiger partial charge in [-0.15, -0.1) is 11.8 Å². The second-order valence-corrected chi connectivity index (χ2v) is 6.01. The zero-order chi connectivity index (χ0) is 14.5. The van der Waals surface area contributed by atoms with E-state index in [9.17, 15) is 9.65 Å². The first-order valence-corrected chi connectivity index (χ1v) is 7.72. The molecule has 0 saturated heterocycles. The van der Waals surface area contributed by atoms with Gasteiger partial charge in [0.05, 0.1) is 4.47 Å². The monoisotopic (exact) mass is 351 g/mol. The summed E-state index contributed by atoms with van der Waals surface area (Å²) in [5.41, 5.74) is 0.468. The molecule has 5 heteroatoms. The highest BCUT2D eigenvalue weighted by atomic mass is 79.9. The predicted octanol–water partition coefficient (Wildman–Crippen LogP) is 5.36. The molecule has 0 saturated carbocycles. The van der Waals surface area contributed by atoms with Crippen LogP contribution in [0.5, 0.6) is 11.5 Å². The van der Waals surface area contributed by atoms with Crippen molar-refractivity contribution >= 4 is 27.7 Å². The first-order valence-electron chi connectivity index (χ1n) is 5.94. The van der Waals surface area contributed by atoms with E-state index in [4.69, 9.17) is 4.74 Å². The zero-order valence-corrected chi connectivity index (χ0v) is 13.1. The van der Waals surface area contributed by atoms with Crippen molar-refractivity contribution < 1.29 is 9.13 Å². The molecule has 0 heterocycles. The summed E-state index contributed by atoms with van der Waals surface area (Å²) in [6.07, 6.45) is 0. The molecule has 0 fully saturated rings. The smallest absolute Gasteiger partial charge is 0.146 e. The fourth-order valence-corrected chi connectivity index (χ4v) is 2.76. The van der Waals surface area contributed by atoms with Crippen molar-refractivity contribution in [1.82, 2.24) is 0 Å². The first-order chi connectivity index (χ1) is 9.65. The molecular weight excluding hydrogens is 341 g/mol. The summed E-state index contributed by atoms with van der Waals surface area (Å²) >= 11 is 4.87. The number of hydrogen-bond acceptors (Lipinski definition) is 3. The topological polar surface area (TPSA) is 33.0 Å². The third-order valence-corrected chi connectivity index (χ3v) is 4.11. The Morgan fingerprint density at radius 1 is 1.30 bits per heavy atom. The van der Waals surface area contributed by atoms with E-state index in [0.717, 1.165) is 10.6 Å². The van der Waals surface area contributed by atoms with Crippen molar-refractivity contribution in [2.24, 2.45) is 0 Å². The standard InChI is InChI=1S/C15H11BrFNOS/c1-2-20-15-5-3-4-13(11(15)9-18)19-14-8-10(17)6-7-12(14)16/h3-8H,2H2,1H3. The van der Waals surface area contributed by atoms with Crippen molar-refractivity contribution in [2.75, 3.05) is 5.75 Å². The lowest BCUT2D eigenvalue weighted by molar-refractivity contribution is 0.471. The molecule has 0 amide bonds. The van der Waals surface area contributed by atoms with Crippen LogP contribution in [0.3, 0.4) is 0 Å². The molecule has 0 bridgehead atoms. The zero-order valence-electron chi connectivity index (χ0n) is 10.7. The van der Waals surface area contributed by atoms with E-state index in [1.54, 1.807) is 23.9 Å². The molecule has 0 aliphatic carbocycles. The summed E-state index contributed by atoms with van der Waals surface area (Å²) in [6.45, 7) is 2.02. The lowest BCUT2D eigenvalue weighted by Gasteiger charge is -2.11. The van der Waals surface area contributed by atoms with Gasteiger partial charge in [0.1, 0.15) is 28.9 Å². The molecule has 2 aromatic carbocycles. The Bertz CT molecular complexity index is 669. The van der Waals surface area contributed by atoms with Gasteiger partial charge in [0, 0.05) is 11.0 Å². The van der Waals surface area contributed by atoms with Gasteiger partial charge in [-0.05, 0) is 45.9 Å². The lowest BCUT2D eigenvalue weighted by atomic mass is 10.2. The Labute approximate surface area is 129 Å². The second-order valence-electron chi connectivity index (χ2n) is 3.85. The third kappa shape index (κ3) is 3.33. The molecule has 102 valence electrons. The molecule has 2 aromatic rings.